The van der Waals surface area contributed by atoms with Gasteiger partial charge in [-0.05, 0) is 18.2 Å². The van der Waals surface area contributed by atoms with E-state index in [0.29, 0.717) is 0 Å². The van der Waals surface area contributed by atoms with E-state index in [4.69, 9.17) is 5.73 Å². The average molecular weight is 187 g/mol. The highest BCUT2D eigenvalue weighted by Crippen LogP contribution is 2.19. The molecule has 2 nitrogen and oxygen atoms in total. The van der Waals surface area contributed by atoms with E-state index in [-0.39, 0.29) is 12.4 Å². The Hall–Kier alpha value is -0.800. The van der Waals surface area contributed by atoms with Crippen LogP contribution in [-0.4, -0.2) is 4.98 Å². The smallest absolute Gasteiger partial charge is 0.0813 e. The topological polar surface area (TPSA) is 38.9 Å². The molecular weight excluding hydrogens is 180 g/mol. The van der Waals surface area contributed by atoms with Crippen LogP contribution in [0.15, 0.2) is 23.7 Å². The minimum atomic E-state index is 0. The van der Waals surface area contributed by atoms with Gasteiger partial charge in [-0.2, -0.15) is 0 Å². The number of benzene rings is 1. The number of hydrogen-bond acceptors (Lipinski definition) is 3. The lowest BCUT2D eigenvalue weighted by molar-refractivity contribution is 1.50. The van der Waals surface area contributed by atoms with Crippen LogP contribution in [0.2, 0.25) is 0 Å². The van der Waals surface area contributed by atoms with Crippen LogP contribution in [-0.2, 0) is 0 Å². The van der Waals surface area contributed by atoms with Crippen molar-refractivity contribution in [2.24, 2.45) is 0 Å². The van der Waals surface area contributed by atoms with Gasteiger partial charge < -0.3 is 5.73 Å². The van der Waals surface area contributed by atoms with E-state index in [2.05, 4.69) is 4.98 Å². The molecule has 2 N–H and O–H groups in total. The van der Waals surface area contributed by atoms with Crippen molar-refractivity contribution in [2.75, 3.05) is 5.73 Å². The standard InChI is InChI=1S/C7H6N2S.ClH/c8-5-1-2-6-7(3-5)10-4-9-6;/h1-4H,8H2;1H. The van der Waals surface area contributed by atoms with Crippen molar-refractivity contribution in [1.82, 2.24) is 4.98 Å². The molecule has 4 heteroatoms. The summed E-state index contributed by atoms with van der Waals surface area (Å²) < 4.78 is 1.15. The monoisotopic (exact) mass is 186 g/mol. The maximum Gasteiger partial charge on any atom is 0.0813 e. The van der Waals surface area contributed by atoms with Crippen LogP contribution >= 0.6 is 23.7 Å². The first-order valence-corrected chi connectivity index (χ1v) is 3.83. The zero-order chi connectivity index (χ0) is 6.97. The highest BCUT2D eigenvalue weighted by atomic mass is 35.5. The fourth-order valence-corrected chi connectivity index (χ4v) is 1.60. The molecule has 0 fully saturated rings. The van der Waals surface area contributed by atoms with Crippen LogP contribution in [0.25, 0.3) is 10.2 Å². The van der Waals surface area contributed by atoms with Crippen molar-refractivity contribution in [3.8, 4) is 0 Å². The molecule has 1 aromatic heterocycles. The van der Waals surface area contributed by atoms with Crippen LogP contribution in [0.3, 0.4) is 0 Å². The lowest BCUT2D eigenvalue weighted by atomic mass is 10.3. The van der Waals surface area contributed by atoms with E-state index in [1.807, 2.05) is 23.7 Å². The fourth-order valence-electron chi connectivity index (χ4n) is 0.872. The molecule has 0 saturated carbocycles. The number of nitrogen functional groups attached to an aromatic ring is 1. The summed E-state index contributed by atoms with van der Waals surface area (Å²) in [7, 11) is 0. The van der Waals surface area contributed by atoms with Crippen LogP contribution in [0, 0.1) is 0 Å². The van der Waals surface area contributed by atoms with Crippen molar-refractivity contribution in [2.45, 2.75) is 0 Å². The third kappa shape index (κ3) is 1.44. The lowest BCUT2D eigenvalue weighted by Crippen LogP contribution is -1.81. The highest BCUT2D eigenvalue weighted by Gasteiger charge is 1.93. The minimum Gasteiger partial charge on any atom is -0.399 e. The summed E-state index contributed by atoms with van der Waals surface area (Å²) in [5.41, 5.74) is 9.22. The van der Waals surface area contributed by atoms with Crippen molar-refractivity contribution < 1.29 is 0 Å². The summed E-state index contributed by atoms with van der Waals surface area (Å²) in [5.74, 6) is 0. The first-order valence-electron chi connectivity index (χ1n) is 2.95. The molecule has 0 spiro atoms. The van der Waals surface area contributed by atoms with Gasteiger partial charge in [0.25, 0.3) is 0 Å². The molecule has 0 radical (unpaired) electrons. The Bertz CT molecular complexity index is 358. The Balaban J connectivity index is 0.000000605. The molecule has 1 heterocycles. The number of nitrogens with two attached hydrogens (primary N) is 1. The highest BCUT2D eigenvalue weighted by molar-refractivity contribution is 7.16. The predicted molar refractivity (Wildman–Crippen MR) is 51.3 cm³/mol. The van der Waals surface area contributed by atoms with Gasteiger partial charge >= 0.3 is 0 Å². The second-order valence-corrected chi connectivity index (χ2v) is 2.97. The first kappa shape index (κ1) is 8.30. The molecule has 0 saturated heterocycles. The van der Waals surface area contributed by atoms with Gasteiger partial charge in [-0.15, -0.1) is 23.7 Å². The van der Waals surface area contributed by atoms with Crippen molar-refractivity contribution >= 4 is 39.6 Å². The van der Waals surface area contributed by atoms with Gasteiger partial charge in [0.05, 0.1) is 15.7 Å². The molecule has 2 aromatic rings. The molecule has 2 rings (SSSR count). The molecule has 0 amide bonds. The average Bonchev–Trinajstić information content (AvgIpc) is 2.33. The summed E-state index contributed by atoms with van der Waals surface area (Å²) in [4.78, 5) is 4.12. The normalized spacial score (nSPS) is 9.45. The number of halogens is 1. The zero-order valence-electron chi connectivity index (χ0n) is 5.65. The number of aromatic nitrogens is 1. The third-order valence-electron chi connectivity index (χ3n) is 1.36. The number of thiazole rings is 1. The minimum absolute atomic E-state index is 0. The largest absolute Gasteiger partial charge is 0.399 e. The Morgan fingerprint density at radius 2 is 2.18 bits per heavy atom. The molecule has 11 heavy (non-hydrogen) atoms. The van der Waals surface area contributed by atoms with E-state index in [1.165, 1.54) is 0 Å². The molecule has 0 atom stereocenters. The lowest BCUT2D eigenvalue weighted by Gasteiger charge is -1.89. The van der Waals surface area contributed by atoms with Gasteiger partial charge in [0.15, 0.2) is 0 Å². The maximum absolute atomic E-state index is 5.56. The SMILES string of the molecule is Cl.Nc1ccc2ncsc2c1. The summed E-state index contributed by atoms with van der Waals surface area (Å²) >= 11 is 1.61. The Morgan fingerprint density at radius 3 is 3.00 bits per heavy atom. The van der Waals surface area contributed by atoms with Crippen molar-refractivity contribution in [3.63, 3.8) is 0 Å². The Kier molecular flexibility index (Phi) is 2.31. The van der Waals surface area contributed by atoms with Gasteiger partial charge in [0, 0.05) is 5.69 Å². The van der Waals surface area contributed by atoms with Gasteiger partial charge in [0.2, 0.25) is 0 Å². The van der Waals surface area contributed by atoms with Crippen LogP contribution in [0.1, 0.15) is 0 Å². The molecule has 0 aliphatic heterocycles. The first-order chi connectivity index (χ1) is 4.86. The second-order valence-electron chi connectivity index (χ2n) is 2.08. The van der Waals surface area contributed by atoms with Gasteiger partial charge in [0.1, 0.15) is 0 Å². The van der Waals surface area contributed by atoms with Crippen molar-refractivity contribution in [1.29, 1.82) is 0 Å². The fraction of sp³-hybridized carbons (Fsp3) is 0. The maximum atomic E-state index is 5.56. The summed E-state index contributed by atoms with van der Waals surface area (Å²) in [5, 5.41) is 0. The van der Waals surface area contributed by atoms with Gasteiger partial charge in [-0.3, -0.25) is 0 Å². The number of anilines is 1. The summed E-state index contributed by atoms with van der Waals surface area (Å²) in [6.07, 6.45) is 0. The van der Waals surface area contributed by atoms with Crippen LogP contribution in [0.5, 0.6) is 0 Å². The van der Waals surface area contributed by atoms with Crippen molar-refractivity contribution in [3.05, 3.63) is 23.7 Å². The zero-order valence-corrected chi connectivity index (χ0v) is 7.28. The summed E-state index contributed by atoms with van der Waals surface area (Å²) in [6, 6.07) is 5.73. The van der Waals surface area contributed by atoms with E-state index in [1.54, 1.807) is 11.3 Å². The molecule has 0 unspecified atom stereocenters. The number of fused-ring (bicyclic) bond motifs is 1. The Labute approximate surface area is 74.5 Å². The predicted octanol–water partition coefficient (Wildman–Crippen LogP) is 2.30. The van der Waals surface area contributed by atoms with E-state index in [9.17, 15) is 0 Å². The molecule has 1 aromatic carbocycles. The third-order valence-corrected chi connectivity index (χ3v) is 2.15. The molecular formula is C7H7ClN2S. The van der Waals surface area contributed by atoms with E-state index >= 15 is 0 Å². The number of rotatable bonds is 0. The quantitative estimate of drug-likeness (QED) is 0.642. The number of hydrogen-bond donors (Lipinski definition) is 1. The second kappa shape index (κ2) is 3.07. The van der Waals surface area contributed by atoms with E-state index < -0.39 is 0 Å². The molecule has 0 aliphatic carbocycles. The Morgan fingerprint density at radius 1 is 1.36 bits per heavy atom. The summed E-state index contributed by atoms with van der Waals surface area (Å²) in [6.45, 7) is 0. The van der Waals surface area contributed by atoms with Crippen LogP contribution < -0.4 is 5.73 Å². The van der Waals surface area contributed by atoms with Crippen LogP contribution in [0.4, 0.5) is 5.69 Å². The molecule has 58 valence electrons. The molecule has 0 bridgehead atoms. The molecule has 0 aliphatic rings. The van der Waals surface area contributed by atoms with E-state index in [0.717, 1.165) is 15.9 Å². The number of nitrogens with zero attached hydrogens (tertiary/aromatic N) is 1. The van der Waals surface area contributed by atoms with Gasteiger partial charge in [-0.1, -0.05) is 0 Å². The van der Waals surface area contributed by atoms with Gasteiger partial charge in [-0.25, -0.2) is 4.98 Å².